The van der Waals surface area contributed by atoms with Crippen LogP contribution < -0.4 is 10.9 Å². The van der Waals surface area contributed by atoms with Crippen molar-refractivity contribution in [3.8, 4) is 0 Å². The van der Waals surface area contributed by atoms with E-state index in [-0.39, 0.29) is 12.2 Å². The van der Waals surface area contributed by atoms with Gasteiger partial charge in [0, 0.05) is 19.8 Å². The van der Waals surface area contributed by atoms with Gasteiger partial charge in [-0.05, 0) is 17.6 Å². The Hall–Kier alpha value is -2.93. The van der Waals surface area contributed by atoms with Gasteiger partial charge in [0.05, 0.1) is 13.2 Å². The fourth-order valence-corrected chi connectivity index (χ4v) is 2.71. The molecule has 0 bridgehead atoms. The number of aliphatic hydroxyl groups is 1. The number of fused-ring (bicyclic) bond motifs is 1. The van der Waals surface area contributed by atoms with E-state index in [0.29, 0.717) is 30.1 Å². The molecule has 7 nitrogen and oxygen atoms in total. The van der Waals surface area contributed by atoms with Crippen LogP contribution in [0, 0.1) is 0 Å². The highest BCUT2D eigenvalue weighted by Crippen LogP contribution is 2.13. The zero-order valence-electron chi connectivity index (χ0n) is 14.1. The molecule has 0 fully saturated rings. The Balaban J connectivity index is 1.81. The van der Waals surface area contributed by atoms with Gasteiger partial charge in [-0.25, -0.2) is 9.67 Å². The highest BCUT2D eigenvalue weighted by molar-refractivity contribution is 5.74. The number of allylic oxidation sites excluding steroid dienone is 4. The van der Waals surface area contributed by atoms with Crippen molar-refractivity contribution in [2.24, 2.45) is 7.05 Å². The summed E-state index contributed by atoms with van der Waals surface area (Å²) in [6.07, 6.45) is 11.9. The fourth-order valence-electron chi connectivity index (χ4n) is 2.71. The molecule has 0 radical (unpaired) electrons. The molecule has 0 amide bonds. The molecule has 2 aromatic rings. The van der Waals surface area contributed by atoms with Gasteiger partial charge < -0.3 is 10.4 Å². The number of nitrogens with zero attached hydrogens (tertiary/aromatic N) is 4. The summed E-state index contributed by atoms with van der Waals surface area (Å²) in [5, 5.41) is 12.9. The second-order valence-electron chi connectivity index (χ2n) is 5.82. The Morgan fingerprint density at radius 1 is 1.44 bits per heavy atom. The van der Waals surface area contributed by atoms with Crippen LogP contribution in [0.15, 0.2) is 59.1 Å². The normalized spacial score (nSPS) is 14.2. The lowest BCUT2D eigenvalue weighted by Gasteiger charge is -2.07. The number of aliphatic hydroxyl groups excluding tert-OH is 1. The van der Waals surface area contributed by atoms with Crippen LogP contribution in [0.2, 0.25) is 0 Å². The van der Waals surface area contributed by atoms with Gasteiger partial charge in [-0.3, -0.25) is 9.48 Å². The molecule has 0 aliphatic heterocycles. The fraction of sp³-hybridized carbons (Fsp3) is 0.278. The van der Waals surface area contributed by atoms with Gasteiger partial charge in [-0.1, -0.05) is 30.4 Å². The first-order chi connectivity index (χ1) is 12.1. The van der Waals surface area contributed by atoms with Gasteiger partial charge in [-0.15, -0.1) is 6.58 Å². The molecule has 7 heteroatoms. The Morgan fingerprint density at radius 2 is 2.28 bits per heavy atom. The van der Waals surface area contributed by atoms with E-state index in [1.54, 1.807) is 28.7 Å². The smallest absolute Gasteiger partial charge is 0.278 e. The van der Waals surface area contributed by atoms with Crippen molar-refractivity contribution in [3.63, 3.8) is 0 Å². The summed E-state index contributed by atoms with van der Waals surface area (Å²) in [4.78, 5) is 21.0. The first kappa shape index (κ1) is 16.9. The standard InChI is InChI=1S/C18H21N5O2/c1-3-9-23-17(25)15-11-20-18(21-16(15)22(23)2)19-10-13-5-4-6-14(12-24)8-7-13/h3-4,6-8,11,24H,1,5,9-10,12H2,2H3,(H,19,20,21). The van der Waals surface area contributed by atoms with Crippen molar-refractivity contribution < 1.29 is 5.11 Å². The molecular formula is C18H21N5O2. The van der Waals surface area contributed by atoms with Crippen molar-refractivity contribution in [1.29, 1.82) is 0 Å². The number of aryl methyl sites for hydroxylation is 1. The number of anilines is 1. The maximum absolute atomic E-state index is 12.3. The maximum atomic E-state index is 12.3. The van der Waals surface area contributed by atoms with E-state index < -0.39 is 0 Å². The van der Waals surface area contributed by atoms with Crippen molar-refractivity contribution in [3.05, 3.63) is 64.7 Å². The molecule has 2 aromatic heterocycles. The summed E-state index contributed by atoms with van der Waals surface area (Å²) >= 11 is 0. The Morgan fingerprint density at radius 3 is 3.04 bits per heavy atom. The number of rotatable bonds is 6. The maximum Gasteiger partial charge on any atom is 0.278 e. The topological polar surface area (TPSA) is 85.0 Å². The molecular weight excluding hydrogens is 318 g/mol. The Kier molecular flexibility index (Phi) is 4.95. The highest BCUT2D eigenvalue weighted by Gasteiger charge is 2.12. The van der Waals surface area contributed by atoms with E-state index in [1.807, 2.05) is 24.3 Å². The van der Waals surface area contributed by atoms with Crippen LogP contribution in [-0.2, 0) is 13.6 Å². The van der Waals surface area contributed by atoms with Crippen molar-refractivity contribution in [2.75, 3.05) is 18.5 Å². The summed E-state index contributed by atoms with van der Waals surface area (Å²) in [6, 6.07) is 0. The SMILES string of the molecule is C=CCn1c(=O)c2cnc(NCC3=CC=C(CO)C=CC3)nc2n1C. The summed E-state index contributed by atoms with van der Waals surface area (Å²) in [7, 11) is 1.80. The first-order valence-electron chi connectivity index (χ1n) is 8.07. The van der Waals surface area contributed by atoms with Crippen LogP contribution in [0.3, 0.4) is 0 Å². The summed E-state index contributed by atoms with van der Waals surface area (Å²) in [6.45, 7) is 4.72. The largest absolute Gasteiger partial charge is 0.392 e. The van der Waals surface area contributed by atoms with E-state index >= 15 is 0 Å². The minimum absolute atomic E-state index is 0.0310. The first-order valence-corrected chi connectivity index (χ1v) is 8.07. The third-order valence-corrected chi connectivity index (χ3v) is 4.11. The van der Waals surface area contributed by atoms with Gasteiger partial charge in [0.2, 0.25) is 5.95 Å². The zero-order chi connectivity index (χ0) is 17.8. The van der Waals surface area contributed by atoms with Gasteiger partial charge in [0.25, 0.3) is 5.56 Å². The molecule has 0 unspecified atom stereocenters. The second-order valence-corrected chi connectivity index (χ2v) is 5.82. The van der Waals surface area contributed by atoms with Gasteiger partial charge in [-0.2, -0.15) is 4.98 Å². The van der Waals surface area contributed by atoms with Crippen LogP contribution in [0.4, 0.5) is 5.95 Å². The van der Waals surface area contributed by atoms with E-state index in [9.17, 15) is 9.90 Å². The minimum Gasteiger partial charge on any atom is -0.392 e. The lowest BCUT2D eigenvalue weighted by molar-refractivity contribution is 0.335. The van der Waals surface area contributed by atoms with Crippen LogP contribution >= 0.6 is 0 Å². The van der Waals surface area contributed by atoms with E-state index in [2.05, 4.69) is 21.9 Å². The average molecular weight is 339 g/mol. The summed E-state index contributed by atoms with van der Waals surface area (Å²) in [5.41, 5.74) is 2.50. The van der Waals surface area contributed by atoms with Crippen molar-refractivity contribution in [2.45, 2.75) is 13.0 Å². The van der Waals surface area contributed by atoms with Crippen molar-refractivity contribution >= 4 is 17.0 Å². The molecule has 0 saturated carbocycles. The number of hydrogen-bond donors (Lipinski definition) is 2. The monoisotopic (exact) mass is 339 g/mol. The number of hydrogen-bond acceptors (Lipinski definition) is 5. The van der Waals surface area contributed by atoms with E-state index in [0.717, 1.165) is 17.6 Å². The van der Waals surface area contributed by atoms with Gasteiger partial charge >= 0.3 is 0 Å². The highest BCUT2D eigenvalue weighted by atomic mass is 16.3. The van der Waals surface area contributed by atoms with Crippen LogP contribution in [0.5, 0.6) is 0 Å². The van der Waals surface area contributed by atoms with Crippen molar-refractivity contribution in [1.82, 2.24) is 19.3 Å². The number of nitrogens with one attached hydrogen (secondary N) is 1. The van der Waals surface area contributed by atoms with E-state index in [4.69, 9.17) is 0 Å². The zero-order valence-corrected chi connectivity index (χ0v) is 14.1. The lowest BCUT2D eigenvalue weighted by Crippen LogP contribution is -2.20. The summed E-state index contributed by atoms with van der Waals surface area (Å²) in [5.74, 6) is 0.472. The minimum atomic E-state index is -0.123. The van der Waals surface area contributed by atoms with Gasteiger partial charge in [0.15, 0.2) is 5.65 Å². The molecule has 3 rings (SSSR count). The molecule has 130 valence electrons. The predicted molar refractivity (Wildman–Crippen MR) is 98.5 cm³/mol. The second kappa shape index (κ2) is 7.31. The third kappa shape index (κ3) is 3.46. The quantitative estimate of drug-likeness (QED) is 0.780. The molecule has 2 heterocycles. The molecule has 25 heavy (non-hydrogen) atoms. The molecule has 2 N–H and O–H groups in total. The molecule has 0 spiro atoms. The Labute approximate surface area is 145 Å². The van der Waals surface area contributed by atoms with E-state index in [1.165, 1.54) is 0 Å². The predicted octanol–water partition coefficient (Wildman–Crippen LogP) is 1.53. The molecule has 1 aliphatic rings. The third-order valence-electron chi connectivity index (χ3n) is 4.11. The average Bonchev–Trinajstić information content (AvgIpc) is 2.80. The Bertz CT molecular complexity index is 946. The molecule has 0 atom stereocenters. The van der Waals surface area contributed by atoms with Crippen LogP contribution in [-0.4, -0.2) is 37.6 Å². The van der Waals surface area contributed by atoms with Crippen LogP contribution in [0.25, 0.3) is 11.0 Å². The number of aromatic nitrogens is 4. The van der Waals surface area contributed by atoms with Crippen LogP contribution in [0.1, 0.15) is 6.42 Å². The molecule has 0 aromatic carbocycles. The molecule has 0 saturated heterocycles. The molecule has 1 aliphatic carbocycles. The summed E-state index contributed by atoms with van der Waals surface area (Å²) < 4.78 is 3.28. The lowest BCUT2D eigenvalue weighted by atomic mass is 10.2. The van der Waals surface area contributed by atoms with Gasteiger partial charge in [0.1, 0.15) is 5.39 Å².